The van der Waals surface area contributed by atoms with Crippen LogP contribution in [-0.2, 0) is 6.42 Å². The Bertz CT molecular complexity index is 480. The van der Waals surface area contributed by atoms with E-state index in [1.807, 2.05) is 0 Å². The number of nitrogens with zero attached hydrogens (tertiary/aromatic N) is 1. The van der Waals surface area contributed by atoms with Crippen LogP contribution in [0.3, 0.4) is 0 Å². The van der Waals surface area contributed by atoms with E-state index >= 15 is 0 Å². The average molecular weight is 292 g/mol. The Morgan fingerprint density at radius 3 is 3.19 bits per heavy atom. The largest absolute Gasteiger partial charge is 0.488 e. The molecule has 3 rings (SSSR count). The Balaban J connectivity index is 1.57. The van der Waals surface area contributed by atoms with E-state index < -0.39 is 0 Å². The zero-order chi connectivity index (χ0) is 14.7. The van der Waals surface area contributed by atoms with Gasteiger partial charge in [-0.3, -0.25) is 4.90 Å². The monoisotopic (exact) mass is 292 g/mol. The van der Waals surface area contributed by atoms with E-state index in [1.54, 1.807) is 12.1 Å². The molecule has 0 radical (unpaired) electrons. The summed E-state index contributed by atoms with van der Waals surface area (Å²) in [5, 5.41) is 3.63. The van der Waals surface area contributed by atoms with Crippen molar-refractivity contribution in [3.63, 3.8) is 0 Å². The van der Waals surface area contributed by atoms with Crippen LogP contribution in [0.2, 0.25) is 0 Å². The van der Waals surface area contributed by atoms with Crippen molar-refractivity contribution in [3.05, 3.63) is 29.6 Å². The van der Waals surface area contributed by atoms with Crippen LogP contribution in [0, 0.1) is 5.82 Å². The van der Waals surface area contributed by atoms with E-state index in [4.69, 9.17) is 4.74 Å². The smallest absolute Gasteiger partial charge is 0.123 e. The number of halogens is 1. The van der Waals surface area contributed by atoms with Gasteiger partial charge in [0.2, 0.25) is 0 Å². The van der Waals surface area contributed by atoms with Crippen molar-refractivity contribution in [1.29, 1.82) is 0 Å². The Kier molecular flexibility index (Phi) is 4.76. The summed E-state index contributed by atoms with van der Waals surface area (Å²) in [7, 11) is 0. The van der Waals surface area contributed by atoms with Crippen molar-refractivity contribution >= 4 is 0 Å². The molecule has 0 amide bonds. The lowest BCUT2D eigenvalue weighted by Gasteiger charge is -2.26. The van der Waals surface area contributed by atoms with E-state index in [-0.39, 0.29) is 11.9 Å². The third-order valence-electron chi connectivity index (χ3n) is 4.43. The topological polar surface area (TPSA) is 24.5 Å². The van der Waals surface area contributed by atoms with Gasteiger partial charge in [0.25, 0.3) is 0 Å². The van der Waals surface area contributed by atoms with Crippen molar-refractivity contribution in [2.24, 2.45) is 0 Å². The highest BCUT2D eigenvalue weighted by Gasteiger charge is 2.27. The molecular weight excluding hydrogens is 267 g/mol. The molecule has 116 valence electrons. The molecule has 21 heavy (non-hydrogen) atoms. The van der Waals surface area contributed by atoms with E-state index in [0.29, 0.717) is 6.04 Å². The second-order valence-electron chi connectivity index (χ2n) is 6.25. The zero-order valence-corrected chi connectivity index (χ0v) is 12.8. The van der Waals surface area contributed by atoms with Gasteiger partial charge < -0.3 is 10.1 Å². The lowest BCUT2D eigenvalue weighted by molar-refractivity contribution is 0.147. The fourth-order valence-corrected chi connectivity index (χ4v) is 3.46. The van der Waals surface area contributed by atoms with Gasteiger partial charge in [0, 0.05) is 31.1 Å². The molecule has 2 heterocycles. The van der Waals surface area contributed by atoms with Crippen molar-refractivity contribution in [1.82, 2.24) is 10.2 Å². The molecule has 2 aliphatic heterocycles. The van der Waals surface area contributed by atoms with Gasteiger partial charge in [0.05, 0.1) is 0 Å². The molecule has 4 heteroatoms. The van der Waals surface area contributed by atoms with Crippen molar-refractivity contribution in [2.75, 3.05) is 26.2 Å². The molecule has 0 aliphatic carbocycles. The molecule has 1 aromatic rings. The van der Waals surface area contributed by atoms with Crippen LogP contribution in [0.1, 0.15) is 31.7 Å². The molecule has 1 fully saturated rings. The average Bonchev–Trinajstić information content (AvgIpc) is 2.70. The van der Waals surface area contributed by atoms with Gasteiger partial charge in [-0.25, -0.2) is 4.39 Å². The van der Waals surface area contributed by atoms with Crippen LogP contribution in [0.25, 0.3) is 0 Å². The van der Waals surface area contributed by atoms with Gasteiger partial charge in [0.1, 0.15) is 17.7 Å². The summed E-state index contributed by atoms with van der Waals surface area (Å²) in [5.41, 5.74) is 1.01. The summed E-state index contributed by atoms with van der Waals surface area (Å²) < 4.78 is 19.2. The predicted molar refractivity (Wildman–Crippen MR) is 82.3 cm³/mol. The van der Waals surface area contributed by atoms with Crippen LogP contribution >= 0.6 is 0 Å². The second-order valence-corrected chi connectivity index (χ2v) is 6.25. The standard InChI is InChI=1S/C17H25FN2O/c1-2-4-15-11-20(8-3-7-19-15)12-16-10-13-9-14(18)5-6-17(13)21-16/h5-6,9,15-16,19H,2-4,7-8,10-12H2,1H3. The predicted octanol–water partition coefficient (Wildman–Crippen LogP) is 2.59. The minimum absolute atomic E-state index is 0.167. The number of rotatable bonds is 4. The molecule has 2 atom stereocenters. The summed E-state index contributed by atoms with van der Waals surface area (Å²) in [5.74, 6) is 0.694. The van der Waals surface area contributed by atoms with Gasteiger partial charge in [-0.15, -0.1) is 0 Å². The molecule has 2 unspecified atom stereocenters. The zero-order valence-electron chi connectivity index (χ0n) is 12.8. The van der Waals surface area contributed by atoms with E-state index in [0.717, 1.165) is 43.9 Å². The van der Waals surface area contributed by atoms with Crippen LogP contribution in [0.4, 0.5) is 4.39 Å². The van der Waals surface area contributed by atoms with Gasteiger partial charge >= 0.3 is 0 Å². The summed E-state index contributed by atoms with van der Waals surface area (Å²) in [6.07, 6.45) is 4.63. The molecule has 0 aromatic heterocycles. The normalized spacial score (nSPS) is 26.2. The maximum Gasteiger partial charge on any atom is 0.123 e. The van der Waals surface area contributed by atoms with Gasteiger partial charge in [0.15, 0.2) is 0 Å². The number of benzene rings is 1. The van der Waals surface area contributed by atoms with E-state index in [2.05, 4.69) is 17.1 Å². The molecule has 1 N–H and O–H groups in total. The highest BCUT2D eigenvalue weighted by atomic mass is 19.1. The molecule has 3 nitrogen and oxygen atoms in total. The van der Waals surface area contributed by atoms with Crippen molar-refractivity contribution in [3.8, 4) is 5.75 Å². The first-order valence-electron chi connectivity index (χ1n) is 8.15. The summed E-state index contributed by atoms with van der Waals surface area (Å²) in [6.45, 7) is 6.51. The van der Waals surface area contributed by atoms with Crippen molar-refractivity contribution in [2.45, 2.75) is 44.8 Å². The summed E-state index contributed by atoms with van der Waals surface area (Å²) >= 11 is 0. The molecular formula is C17H25FN2O. The second kappa shape index (κ2) is 6.75. The SMILES string of the molecule is CCCC1CN(CC2Cc3cc(F)ccc3O2)CCCN1. The number of fused-ring (bicyclic) bond motifs is 1. The maximum absolute atomic E-state index is 13.3. The van der Waals surface area contributed by atoms with Crippen molar-refractivity contribution < 1.29 is 9.13 Å². The first-order valence-corrected chi connectivity index (χ1v) is 8.15. The van der Waals surface area contributed by atoms with Gasteiger partial charge in [-0.05, 0) is 44.1 Å². The van der Waals surface area contributed by atoms with Crippen LogP contribution in [-0.4, -0.2) is 43.2 Å². The molecule has 0 spiro atoms. The highest BCUT2D eigenvalue weighted by molar-refractivity contribution is 5.37. The fraction of sp³-hybridized carbons (Fsp3) is 0.647. The highest BCUT2D eigenvalue weighted by Crippen LogP contribution is 2.29. The van der Waals surface area contributed by atoms with E-state index in [9.17, 15) is 4.39 Å². The van der Waals surface area contributed by atoms with Crippen LogP contribution in [0.15, 0.2) is 18.2 Å². The summed E-state index contributed by atoms with van der Waals surface area (Å²) in [4.78, 5) is 2.51. The van der Waals surface area contributed by atoms with Crippen LogP contribution < -0.4 is 10.1 Å². The maximum atomic E-state index is 13.3. The van der Waals surface area contributed by atoms with Crippen LogP contribution in [0.5, 0.6) is 5.75 Å². The lowest BCUT2D eigenvalue weighted by Crippen LogP contribution is -2.41. The first kappa shape index (κ1) is 14.8. The fourth-order valence-electron chi connectivity index (χ4n) is 3.46. The Morgan fingerprint density at radius 1 is 1.43 bits per heavy atom. The Morgan fingerprint density at radius 2 is 2.33 bits per heavy atom. The number of hydrogen-bond acceptors (Lipinski definition) is 3. The minimum Gasteiger partial charge on any atom is -0.488 e. The van der Waals surface area contributed by atoms with E-state index in [1.165, 1.54) is 25.3 Å². The number of hydrogen-bond donors (Lipinski definition) is 1. The molecule has 1 saturated heterocycles. The molecule has 0 saturated carbocycles. The Hall–Kier alpha value is -1.13. The Labute approximate surface area is 126 Å². The number of nitrogens with one attached hydrogen (secondary N) is 1. The summed E-state index contributed by atoms with van der Waals surface area (Å²) in [6, 6.07) is 5.45. The van der Waals surface area contributed by atoms with Gasteiger partial charge in [-0.1, -0.05) is 13.3 Å². The molecule has 0 bridgehead atoms. The third kappa shape index (κ3) is 3.74. The molecule has 1 aromatic carbocycles. The number of ether oxygens (including phenoxy) is 1. The first-order chi connectivity index (χ1) is 10.2. The quantitative estimate of drug-likeness (QED) is 0.923. The third-order valence-corrected chi connectivity index (χ3v) is 4.43. The van der Waals surface area contributed by atoms with Gasteiger partial charge in [-0.2, -0.15) is 0 Å². The molecule has 2 aliphatic rings. The minimum atomic E-state index is -0.167. The lowest BCUT2D eigenvalue weighted by atomic mass is 10.1.